The second-order valence-corrected chi connectivity index (χ2v) is 3.75. The van der Waals surface area contributed by atoms with Crippen molar-refractivity contribution < 1.29 is 0 Å². The van der Waals surface area contributed by atoms with Gasteiger partial charge >= 0.3 is 0 Å². The van der Waals surface area contributed by atoms with Crippen molar-refractivity contribution in [3.63, 3.8) is 0 Å². The third-order valence-corrected chi connectivity index (χ3v) is 2.39. The standard InChI is InChI=1S/C10H9BrN2/c11-8-3-1-7(2-4-8)9-5-6-10(12)13-9/h1-6,13H,12H2. The Bertz CT molecular complexity index is 403. The number of rotatable bonds is 1. The Hall–Kier alpha value is -1.22. The van der Waals surface area contributed by atoms with E-state index in [-0.39, 0.29) is 0 Å². The molecule has 0 atom stereocenters. The first-order valence-corrected chi connectivity index (χ1v) is 4.75. The third kappa shape index (κ3) is 1.75. The molecule has 3 N–H and O–H groups in total. The lowest BCUT2D eigenvalue weighted by Crippen LogP contribution is -1.83. The minimum Gasteiger partial charge on any atom is -0.385 e. The molecule has 13 heavy (non-hydrogen) atoms. The van der Waals surface area contributed by atoms with Crippen molar-refractivity contribution in [1.29, 1.82) is 0 Å². The van der Waals surface area contributed by atoms with Crippen LogP contribution in [0.2, 0.25) is 0 Å². The van der Waals surface area contributed by atoms with Crippen LogP contribution < -0.4 is 5.73 Å². The van der Waals surface area contributed by atoms with Gasteiger partial charge in [0.2, 0.25) is 0 Å². The Morgan fingerprint density at radius 3 is 2.23 bits per heavy atom. The fraction of sp³-hybridized carbons (Fsp3) is 0. The number of halogens is 1. The highest BCUT2D eigenvalue weighted by Gasteiger charge is 1.98. The van der Waals surface area contributed by atoms with Crippen LogP contribution in [-0.2, 0) is 0 Å². The average molecular weight is 237 g/mol. The summed E-state index contributed by atoms with van der Waals surface area (Å²) in [5.41, 5.74) is 7.77. The van der Waals surface area contributed by atoms with E-state index in [1.807, 2.05) is 36.4 Å². The Balaban J connectivity index is 2.41. The molecule has 1 heterocycles. The van der Waals surface area contributed by atoms with Crippen molar-refractivity contribution in [2.45, 2.75) is 0 Å². The number of H-pyrrole nitrogens is 1. The molecule has 0 saturated carbocycles. The molecule has 0 saturated heterocycles. The molecule has 0 radical (unpaired) electrons. The van der Waals surface area contributed by atoms with Gasteiger partial charge in [-0.25, -0.2) is 0 Å². The second kappa shape index (κ2) is 3.26. The number of aromatic amines is 1. The van der Waals surface area contributed by atoms with Gasteiger partial charge in [-0.2, -0.15) is 0 Å². The van der Waals surface area contributed by atoms with Gasteiger partial charge in [0.05, 0.1) is 0 Å². The number of hydrogen-bond acceptors (Lipinski definition) is 1. The van der Waals surface area contributed by atoms with Gasteiger partial charge in [-0.1, -0.05) is 28.1 Å². The molecule has 2 nitrogen and oxygen atoms in total. The Kier molecular flexibility index (Phi) is 2.10. The van der Waals surface area contributed by atoms with Gasteiger partial charge in [-0.15, -0.1) is 0 Å². The summed E-state index contributed by atoms with van der Waals surface area (Å²) in [6.45, 7) is 0. The Labute approximate surface area is 84.9 Å². The predicted molar refractivity (Wildman–Crippen MR) is 58.3 cm³/mol. The third-order valence-electron chi connectivity index (χ3n) is 1.86. The van der Waals surface area contributed by atoms with Crippen LogP contribution in [0.1, 0.15) is 0 Å². The van der Waals surface area contributed by atoms with Gasteiger partial charge in [0.25, 0.3) is 0 Å². The molecule has 1 aromatic heterocycles. The first-order chi connectivity index (χ1) is 6.25. The van der Waals surface area contributed by atoms with E-state index in [1.165, 1.54) is 0 Å². The maximum atomic E-state index is 5.58. The van der Waals surface area contributed by atoms with Crippen molar-refractivity contribution in [3.05, 3.63) is 40.9 Å². The van der Waals surface area contributed by atoms with Crippen LogP contribution >= 0.6 is 15.9 Å². The maximum Gasteiger partial charge on any atom is 0.101 e. The molecule has 0 unspecified atom stereocenters. The van der Waals surface area contributed by atoms with Gasteiger partial charge in [0, 0.05) is 10.2 Å². The molecular formula is C10H9BrN2. The molecule has 0 aliphatic heterocycles. The van der Waals surface area contributed by atoms with E-state index in [2.05, 4.69) is 20.9 Å². The molecule has 2 aromatic rings. The highest BCUT2D eigenvalue weighted by molar-refractivity contribution is 9.10. The van der Waals surface area contributed by atoms with Gasteiger partial charge in [-0.05, 0) is 29.8 Å². The first kappa shape index (κ1) is 8.38. The van der Waals surface area contributed by atoms with Crippen molar-refractivity contribution in [2.24, 2.45) is 0 Å². The minimum absolute atomic E-state index is 0.693. The Morgan fingerprint density at radius 1 is 1.00 bits per heavy atom. The van der Waals surface area contributed by atoms with Crippen LogP contribution in [0, 0.1) is 0 Å². The minimum atomic E-state index is 0.693. The maximum absolute atomic E-state index is 5.58. The number of nitrogen functional groups attached to an aromatic ring is 1. The van der Waals surface area contributed by atoms with Gasteiger partial charge in [-0.3, -0.25) is 0 Å². The second-order valence-electron chi connectivity index (χ2n) is 2.83. The Morgan fingerprint density at radius 2 is 1.69 bits per heavy atom. The molecule has 66 valence electrons. The van der Waals surface area contributed by atoms with Gasteiger partial charge in [0.1, 0.15) is 5.82 Å². The molecule has 0 spiro atoms. The van der Waals surface area contributed by atoms with Crippen LogP contribution in [0.4, 0.5) is 5.82 Å². The van der Waals surface area contributed by atoms with Crippen molar-refractivity contribution >= 4 is 21.7 Å². The summed E-state index contributed by atoms with van der Waals surface area (Å²) in [5.74, 6) is 0.693. The van der Waals surface area contributed by atoms with Crippen LogP contribution in [0.15, 0.2) is 40.9 Å². The highest BCUT2D eigenvalue weighted by Crippen LogP contribution is 2.21. The van der Waals surface area contributed by atoms with E-state index in [1.54, 1.807) is 0 Å². The summed E-state index contributed by atoms with van der Waals surface area (Å²) in [6.07, 6.45) is 0. The normalized spacial score (nSPS) is 10.2. The summed E-state index contributed by atoms with van der Waals surface area (Å²) >= 11 is 3.39. The lowest BCUT2D eigenvalue weighted by molar-refractivity contribution is 1.40. The fourth-order valence-corrected chi connectivity index (χ4v) is 1.47. The van der Waals surface area contributed by atoms with E-state index in [0.717, 1.165) is 15.7 Å². The fourth-order valence-electron chi connectivity index (χ4n) is 1.21. The van der Waals surface area contributed by atoms with Crippen molar-refractivity contribution in [2.75, 3.05) is 5.73 Å². The SMILES string of the molecule is Nc1ccc(-c2ccc(Br)cc2)[nH]1. The topological polar surface area (TPSA) is 41.8 Å². The number of hydrogen-bond donors (Lipinski definition) is 2. The lowest BCUT2D eigenvalue weighted by atomic mass is 10.2. The summed E-state index contributed by atoms with van der Waals surface area (Å²) < 4.78 is 1.08. The van der Waals surface area contributed by atoms with Gasteiger partial charge in [0.15, 0.2) is 0 Å². The quantitative estimate of drug-likeness (QED) is 0.786. The molecule has 2 rings (SSSR count). The zero-order valence-electron chi connectivity index (χ0n) is 6.92. The van der Waals surface area contributed by atoms with E-state index in [9.17, 15) is 0 Å². The number of anilines is 1. The van der Waals surface area contributed by atoms with E-state index < -0.39 is 0 Å². The van der Waals surface area contributed by atoms with Crippen LogP contribution in [-0.4, -0.2) is 4.98 Å². The van der Waals surface area contributed by atoms with Gasteiger partial charge < -0.3 is 10.7 Å². The van der Waals surface area contributed by atoms with E-state index in [4.69, 9.17) is 5.73 Å². The van der Waals surface area contributed by atoms with E-state index >= 15 is 0 Å². The smallest absolute Gasteiger partial charge is 0.101 e. The molecule has 3 heteroatoms. The molecule has 0 aliphatic carbocycles. The van der Waals surface area contributed by atoms with Crippen LogP contribution in [0.3, 0.4) is 0 Å². The number of nitrogens with one attached hydrogen (secondary N) is 1. The molecule has 1 aromatic carbocycles. The summed E-state index contributed by atoms with van der Waals surface area (Å²) in [6, 6.07) is 11.9. The predicted octanol–water partition coefficient (Wildman–Crippen LogP) is 3.03. The molecule has 0 amide bonds. The number of nitrogens with two attached hydrogens (primary N) is 1. The zero-order chi connectivity index (χ0) is 9.26. The first-order valence-electron chi connectivity index (χ1n) is 3.96. The average Bonchev–Trinajstić information content (AvgIpc) is 2.53. The molecule has 0 aliphatic rings. The summed E-state index contributed by atoms with van der Waals surface area (Å²) in [4.78, 5) is 3.07. The van der Waals surface area contributed by atoms with Crippen molar-refractivity contribution in [1.82, 2.24) is 4.98 Å². The van der Waals surface area contributed by atoms with Crippen molar-refractivity contribution in [3.8, 4) is 11.3 Å². The summed E-state index contributed by atoms with van der Waals surface area (Å²) in [5, 5.41) is 0. The number of benzene rings is 1. The number of aromatic nitrogens is 1. The molecular weight excluding hydrogens is 228 g/mol. The monoisotopic (exact) mass is 236 g/mol. The van der Waals surface area contributed by atoms with Crippen LogP contribution in [0.5, 0.6) is 0 Å². The van der Waals surface area contributed by atoms with E-state index in [0.29, 0.717) is 5.82 Å². The summed E-state index contributed by atoms with van der Waals surface area (Å²) in [7, 11) is 0. The molecule has 0 bridgehead atoms. The molecule has 0 fully saturated rings. The highest BCUT2D eigenvalue weighted by atomic mass is 79.9. The lowest BCUT2D eigenvalue weighted by Gasteiger charge is -1.97. The largest absolute Gasteiger partial charge is 0.385 e. The van der Waals surface area contributed by atoms with Crippen LogP contribution in [0.25, 0.3) is 11.3 Å². The zero-order valence-corrected chi connectivity index (χ0v) is 8.51.